The van der Waals surface area contributed by atoms with Gasteiger partial charge in [0.2, 0.25) is 0 Å². The van der Waals surface area contributed by atoms with E-state index in [4.69, 9.17) is 9.47 Å². The third kappa shape index (κ3) is 3.49. The average Bonchev–Trinajstić information content (AvgIpc) is 2.30. The molecule has 0 N–H and O–H groups in total. The Morgan fingerprint density at radius 2 is 2.23 bits per heavy atom. The van der Waals surface area contributed by atoms with E-state index in [9.17, 15) is 0 Å². The lowest BCUT2D eigenvalue weighted by Gasteiger charge is -2.22. The Bertz CT molecular complexity index is 194. The van der Waals surface area contributed by atoms with Gasteiger partial charge in [0.15, 0.2) is 5.79 Å². The lowest BCUT2D eigenvalue weighted by atomic mass is 10.1. The smallest absolute Gasteiger partial charge is 0.166 e. The fourth-order valence-electron chi connectivity index (χ4n) is 1.54. The molecule has 2 atom stereocenters. The van der Waals surface area contributed by atoms with Gasteiger partial charge in [-0.3, -0.25) is 0 Å². The minimum absolute atomic E-state index is 0.247. The van der Waals surface area contributed by atoms with Gasteiger partial charge in [-0.2, -0.15) is 0 Å². The third-order valence-corrected chi connectivity index (χ3v) is 2.22. The monoisotopic (exact) mass is 184 g/mol. The number of hydrogen-bond acceptors (Lipinski definition) is 2. The Morgan fingerprint density at radius 1 is 1.54 bits per heavy atom. The van der Waals surface area contributed by atoms with Gasteiger partial charge < -0.3 is 9.47 Å². The van der Waals surface area contributed by atoms with E-state index in [1.807, 2.05) is 13.8 Å². The van der Waals surface area contributed by atoms with Crippen molar-refractivity contribution < 1.29 is 9.47 Å². The normalized spacial score (nSPS) is 33.4. The molecular formula is C11H20O2. The highest BCUT2D eigenvalue weighted by atomic mass is 16.7. The van der Waals surface area contributed by atoms with Crippen LogP contribution >= 0.6 is 0 Å². The fourth-order valence-corrected chi connectivity index (χ4v) is 1.54. The summed E-state index contributed by atoms with van der Waals surface area (Å²) in [6.07, 6.45) is 4.45. The lowest BCUT2D eigenvalue weighted by molar-refractivity contribution is -0.155. The summed E-state index contributed by atoms with van der Waals surface area (Å²) in [5.74, 6) is -0.342. The molecule has 13 heavy (non-hydrogen) atoms. The van der Waals surface area contributed by atoms with Crippen LogP contribution in [0.5, 0.6) is 0 Å². The zero-order chi connectivity index (χ0) is 9.90. The van der Waals surface area contributed by atoms with Crippen LogP contribution < -0.4 is 0 Å². The first-order chi connectivity index (χ1) is 6.02. The molecule has 0 saturated carbocycles. The number of ether oxygens (including phenoxy) is 2. The van der Waals surface area contributed by atoms with Gasteiger partial charge in [0.25, 0.3) is 0 Å². The molecule has 0 bridgehead atoms. The van der Waals surface area contributed by atoms with Crippen molar-refractivity contribution >= 4 is 0 Å². The Kier molecular flexibility index (Phi) is 3.51. The predicted molar refractivity (Wildman–Crippen MR) is 53.6 cm³/mol. The van der Waals surface area contributed by atoms with E-state index in [1.165, 1.54) is 5.57 Å². The molecule has 0 aromatic rings. The van der Waals surface area contributed by atoms with Crippen LogP contribution in [0.25, 0.3) is 0 Å². The quantitative estimate of drug-likeness (QED) is 0.628. The second-order valence-electron chi connectivity index (χ2n) is 4.19. The molecule has 2 heteroatoms. The maximum atomic E-state index is 5.68. The van der Waals surface area contributed by atoms with Crippen LogP contribution in [0.4, 0.5) is 0 Å². The zero-order valence-corrected chi connectivity index (χ0v) is 9.09. The summed E-state index contributed by atoms with van der Waals surface area (Å²) in [6.45, 7) is 9.02. The SMILES string of the molecule is CC(C)=CCC[C@]1(C)OC[C@@H](C)O1. The van der Waals surface area contributed by atoms with Crippen LogP contribution in [0.15, 0.2) is 11.6 Å². The summed E-state index contributed by atoms with van der Waals surface area (Å²) >= 11 is 0. The van der Waals surface area contributed by atoms with Gasteiger partial charge in [-0.25, -0.2) is 0 Å². The minimum atomic E-state index is -0.342. The van der Waals surface area contributed by atoms with Crippen molar-refractivity contribution in [2.45, 2.75) is 52.4 Å². The molecule has 0 unspecified atom stereocenters. The fraction of sp³-hybridized carbons (Fsp3) is 0.818. The maximum absolute atomic E-state index is 5.68. The van der Waals surface area contributed by atoms with Crippen molar-refractivity contribution in [2.24, 2.45) is 0 Å². The van der Waals surface area contributed by atoms with E-state index < -0.39 is 0 Å². The van der Waals surface area contributed by atoms with E-state index in [1.54, 1.807) is 0 Å². The molecule has 0 aliphatic carbocycles. The first-order valence-corrected chi connectivity index (χ1v) is 4.97. The van der Waals surface area contributed by atoms with Crippen molar-refractivity contribution in [3.63, 3.8) is 0 Å². The summed E-state index contributed by atoms with van der Waals surface area (Å²) in [7, 11) is 0. The molecular weight excluding hydrogens is 164 g/mol. The van der Waals surface area contributed by atoms with Crippen molar-refractivity contribution in [1.29, 1.82) is 0 Å². The molecule has 1 rings (SSSR count). The number of hydrogen-bond donors (Lipinski definition) is 0. The second kappa shape index (κ2) is 4.25. The van der Waals surface area contributed by atoms with Crippen LogP contribution in [0.2, 0.25) is 0 Å². The molecule has 0 spiro atoms. The van der Waals surface area contributed by atoms with Crippen LogP contribution in [0.3, 0.4) is 0 Å². The first-order valence-electron chi connectivity index (χ1n) is 4.97. The van der Waals surface area contributed by atoms with Crippen molar-refractivity contribution in [1.82, 2.24) is 0 Å². The molecule has 0 aromatic carbocycles. The minimum Gasteiger partial charge on any atom is -0.348 e. The van der Waals surface area contributed by atoms with Crippen molar-refractivity contribution in [2.75, 3.05) is 6.61 Å². The Hall–Kier alpha value is -0.340. The molecule has 2 nitrogen and oxygen atoms in total. The summed E-state index contributed by atoms with van der Waals surface area (Å²) in [5, 5.41) is 0. The largest absolute Gasteiger partial charge is 0.348 e. The highest BCUT2D eigenvalue weighted by Crippen LogP contribution is 2.27. The van der Waals surface area contributed by atoms with Gasteiger partial charge >= 0.3 is 0 Å². The van der Waals surface area contributed by atoms with Crippen LogP contribution in [0, 0.1) is 0 Å². The Morgan fingerprint density at radius 3 is 2.69 bits per heavy atom. The standard InChI is InChI=1S/C11H20O2/c1-9(2)6-5-7-11(4)12-8-10(3)13-11/h6,10H,5,7-8H2,1-4H3/t10-,11-/m1/s1. The summed E-state index contributed by atoms with van der Waals surface area (Å²) in [4.78, 5) is 0. The highest BCUT2D eigenvalue weighted by Gasteiger charge is 2.33. The average molecular weight is 184 g/mol. The van der Waals surface area contributed by atoms with Gasteiger partial charge in [0.05, 0.1) is 12.7 Å². The molecule has 1 saturated heterocycles. The number of allylic oxidation sites excluding steroid dienone is 2. The van der Waals surface area contributed by atoms with Gasteiger partial charge in [0.1, 0.15) is 0 Å². The maximum Gasteiger partial charge on any atom is 0.166 e. The highest BCUT2D eigenvalue weighted by molar-refractivity contribution is 4.93. The Balaban J connectivity index is 2.32. The van der Waals surface area contributed by atoms with Gasteiger partial charge in [0, 0.05) is 6.42 Å². The molecule has 76 valence electrons. The van der Waals surface area contributed by atoms with Crippen LogP contribution in [0.1, 0.15) is 40.5 Å². The van der Waals surface area contributed by atoms with E-state index >= 15 is 0 Å². The summed E-state index contributed by atoms with van der Waals surface area (Å²) in [5.41, 5.74) is 1.36. The van der Waals surface area contributed by atoms with E-state index in [-0.39, 0.29) is 11.9 Å². The van der Waals surface area contributed by atoms with Gasteiger partial charge in [-0.15, -0.1) is 0 Å². The van der Waals surface area contributed by atoms with Crippen LogP contribution in [-0.2, 0) is 9.47 Å². The van der Waals surface area contributed by atoms with E-state index in [0.29, 0.717) is 0 Å². The molecule has 1 aliphatic heterocycles. The van der Waals surface area contributed by atoms with Gasteiger partial charge in [-0.05, 0) is 34.1 Å². The van der Waals surface area contributed by atoms with Crippen molar-refractivity contribution in [3.05, 3.63) is 11.6 Å². The zero-order valence-electron chi connectivity index (χ0n) is 9.09. The molecule has 1 aliphatic rings. The topological polar surface area (TPSA) is 18.5 Å². The Labute approximate surface area is 80.9 Å². The molecule has 0 radical (unpaired) electrons. The summed E-state index contributed by atoms with van der Waals surface area (Å²) in [6, 6.07) is 0. The second-order valence-corrected chi connectivity index (χ2v) is 4.19. The van der Waals surface area contributed by atoms with Crippen LogP contribution in [-0.4, -0.2) is 18.5 Å². The van der Waals surface area contributed by atoms with E-state index in [2.05, 4.69) is 19.9 Å². The predicted octanol–water partition coefficient (Wildman–Crippen LogP) is 2.88. The van der Waals surface area contributed by atoms with Gasteiger partial charge in [-0.1, -0.05) is 11.6 Å². The van der Waals surface area contributed by atoms with E-state index in [0.717, 1.165) is 19.4 Å². The third-order valence-electron chi connectivity index (χ3n) is 2.22. The molecule has 0 amide bonds. The lowest BCUT2D eigenvalue weighted by Crippen LogP contribution is -2.25. The number of rotatable bonds is 3. The molecule has 1 fully saturated rings. The van der Waals surface area contributed by atoms with Crippen molar-refractivity contribution in [3.8, 4) is 0 Å². The first kappa shape index (κ1) is 10.7. The molecule has 1 heterocycles. The summed E-state index contributed by atoms with van der Waals surface area (Å²) < 4.78 is 11.3. The molecule has 0 aromatic heterocycles.